The number of hydrogen-bond acceptors (Lipinski definition) is 5. The van der Waals surface area contributed by atoms with Crippen LogP contribution in [0.2, 0.25) is 0 Å². The summed E-state index contributed by atoms with van der Waals surface area (Å²) in [6, 6.07) is 10.1. The van der Waals surface area contributed by atoms with Gasteiger partial charge in [0.05, 0.1) is 17.1 Å². The van der Waals surface area contributed by atoms with Crippen LogP contribution in [0.3, 0.4) is 0 Å². The fourth-order valence-electron chi connectivity index (χ4n) is 4.23. The molecule has 0 unspecified atom stereocenters. The second kappa shape index (κ2) is 7.57. The van der Waals surface area contributed by atoms with Crippen molar-refractivity contribution >= 4 is 27.8 Å². The number of rotatable bonds is 5. The van der Waals surface area contributed by atoms with Gasteiger partial charge in [-0.2, -0.15) is 5.26 Å². The van der Waals surface area contributed by atoms with Crippen molar-refractivity contribution in [2.24, 2.45) is 0 Å². The molecule has 5 rings (SSSR count). The number of hydrogen-bond donors (Lipinski definition) is 2. The van der Waals surface area contributed by atoms with Crippen LogP contribution < -0.4 is 4.90 Å². The molecule has 29 heavy (non-hydrogen) atoms. The Morgan fingerprint density at radius 2 is 1.97 bits per heavy atom. The number of benzene rings is 1. The Hall–Kier alpha value is -3.37. The number of nitrogens with one attached hydrogen (secondary N) is 2. The van der Waals surface area contributed by atoms with Gasteiger partial charge in [0, 0.05) is 49.5 Å². The zero-order valence-corrected chi connectivity index (χ0v) is 16.2. The lowest BCUT2D eigenvalue weighted by Crippen LogP contribution is -2.47. The molecule has 1 aromatic carbocycles. The number of aromatic nitrogens is 4. The molecule has 0 amide bonds. The minimum absolute atomic E-state index is 0.718. The summed E-state index contributed by atoms with van der Waals surface area (Å²) < 4.78 is 0. The Kier molecular flexibility index (Phi) is 4.62. The molecule has 3 aromatic heterocycles. The SMILES string of the molecule is N#Cc1ccc2[nH]cc(CCCN3CCN(c4ncnc5cc[nH]c45)CC3)c2c1. The molecular weight excluding hydrogens is 362 g/mol. The molecule has 146 valence electrons. The Morgan fingerprint density at radius 1 is 1.07 bits per heavy atom. The molecule has 7 nitrogen and oxygen atoms in total. The van der Waals surface area contributed by atoms with E-state index in [0.717, 1.165) is 73.5 Å². The maximum Gasteiger partial charge on any atom is 0.156 e. The van der Waals surface area contributed by atoms with Gasteiger partial charge in [-0.15, -0.1) is 0 Å². The van der Waals surface area contributed by atoms with Crippen LogP contribution in [0.4, 0.5) is 5.82 Å². The average Bonchev–Trinajstić information content (AvgIpc) is 3.41. The molecule has 0 radical (unpaired) electrons. The highest BCUT2D eigenvalue weighted by Gasteiger charge is 2.20. The minimum Gasteiger partial charge on any atom is -0.361 e. The number of nitriles is 1. The summed E-state index contributed by atoms with van der Waals surface area (Å²) in [6.07, 6.45) is 7.78. The third-order valence-corrected chi connectivity index (χ3v) is 5.81. The molecular formula is C22H23N7. The van der Waals surface area contributed by atoms with Crippen LogP contribution in [0.25, 0.3) is 21.9 Å². The van der Waals surface area contributed by atoms with E-state index in [2.05, 4.69) is 42.0 Å². The summed E-state index contributed by atoms with van der Waals surface area (Å²) >= 11 is 0. The van der Waals surface area contributed by atoms with E-state index in [4.69, 9.17) is 5.26 Å². The normalized spacial score (nSPS) is 15.2. The van der Waals surface area contributed by atoms with E-state index in [1.165, 1.54) is 10.9 Å². The molecule has 2 N–H and O–H groups in total. The van der Waals surface area contributed by atoms with Gasteiger partial charge in [-0.05, 0) is 49.2 Å². The van der Waals surface area contributed by atoms with Gasteiger partial charge in [0.15, 0.2) is 5.82 Å². The quantitative estimate of drug-likeness (QED) is 0.551. The maximum absolute atomic E-state index is 9.14. The molecule has 0 spiro atoms. The topological polar surface area (TPSA) is 87.6 Å². The second-order valence-electron chi connectivity index (χ2n) is 7.55. The van der Waals surface area contributed by atoms with Gasteiger partial charge in [0.1, 0.15) is 11.8 Å². The zero-order chi connectivity index (χ0) is 19.6. The molecule has 0 atom stereocenters. The van der Waals surface area contributed by atoms with Crippen molar-refractivity contribution in [3.8, 4) is 6.07 Å². The van der Waals surface area contributed by atoms with E-state index in [1.807, 2.05) is 30.5 Å². The minimum atomic E-state index is 0.718. The van der Waals surface area contributed by atoms with Gasteiger partial charge in [-0.1, -0.05) is 0 Å². The Morgan fingerprint density at radius 3 is 2.83 bits per heavy atom. The first kappa shape index (κ1) is 17.7. The van der Waals surface area contributed by atoms with Crippen molar-refractivity contribution in [2.75, 3.05) is 37.6 Å². The molecule has 1 saturated heterocycles. The largest absolute Gasteiger partial charge is 0.361 e. The first-order valence-corrected chi connectivity index (χ1v) is 10.1. The molecule has 0 bridgehead atoms. The number of nitrogens with zero attached hydrogens (tertiary/aromatic N) is 5. The first-order chi connectivity index (χ1) is 14.3. The summed E-state index contributed by atoms with van der Waals surface area (Å²) in [6.45, 7) is 5.12. The number of fused-ring (bicyclic) bond motifs is 2. The fraction of sp³-hybridized carbons (Fsp3) is 0.318. The molecule has 0 aliphatic carbocycles. The summed E-state index contributed by atoms with van der Waals surface area (Å²) in [4.78, 5) is 20.3. The van der Waals surface area contributed by atoms with E-state index in [9.17, 15) is 0 Å². The lowest BCUT2D eigenvalue weighted by atomic mass is 10.1. The van der Waals surface area contributed by atoms with E-state index in [1.54, 1.807) is 6.33 Å². The number of aryl methyl sites for hydroxylation is 1. The monoisotopic (exact) mass is 385 g/mol. The predicted octanol–water partition coefficient (Wildman–Crippen LogP) is 3.07. The number of aromatic amines is 2. The highest BCUT2D eigenvalue weighted by molar-refractivity contribution is 5.86. The predicted molar refractivity (Wildman–Crippen MR) is 114 cm³/mol. The van der Waals surface area contributed by atoms with Crippen molar-refractivity contribution in [1.29, 1.82) is 5.26 Å². The standard InChI is InChI=1S/C22H23N7/c23-13-16-3-4-19-18(12-16)17(14-25-19)2-1-7-28-8-10-29(11-9-28)22-21-20(5-6-24-21)26-15-27-22/h3-6,12,14-15,24-25H,1-2,7-11H2. The number of H-pyrrole nitrogens is 2. The Balaban J connectivity index is 1.17. The first-order valence-electron chi connectivity index (χ1n) is 10.1. The van der Waals surface area contributed by atoms with Gasteiger partial charge in [0.25, 0.3) is 0 Å². The highest BCUT2D eigenvalue weighted by Crippen LogP contribution is 2.23. The van der Waals surface area contributed by atoms with Gasteiger partial charge >= 0.3 is 0 Å². The van der Waals surface area contributed by atoms with Crippen molar-refractivity contribution in [3.05, 3.63) is 54.1 Å². The molecule has 4 aromatic rings. The zero-order valence-electron chi connectivity index (χ0n) is 16.2. The van der Waals surface area contributed by atoms with Crippen molar-refractivity contribution in [2.45, 2.75) is 12.8 Å². The average molecular weight is 385 g/mol. The molecule has 4 heterocycles. The van der Waals surface area contributed by atoms with Crippen LogP contribution in [-0.2, 0) is 6.42 Å². The third-order valence-electron chi connectivity index (χ3n) is 5.81. The van der Waals surface area contributed by atoms with E-state index >= 15 is 0 Å². The lowest BCUT2D eigenvalue weighted by molar-refractivity contribution is 0.255. The molecule has 0 saturated carbocycles. The van der Waals surface area contributed by atoms with Crippen LogP contribution >= 0.6 is 0 Å². The van der Waals surface area contributed by atoms with E-state index in [0.29, 0.717) is 0 Å². The van der Waals surface area contributed by atoms with Crippen LogP contribution in [0.5, 0.6) is 0 Å². The Bertz CT molecular complexity index is 1170. The van der Waals surface area contributed by atoms with Crippen LogP contribution in [0, 0.1) is 11.3 Å². The van der Waals surface area contributed by atoms with E-state index < -0.39 is 0 Å². The second-order valence-corrected chi connectivity index (χ2v) is 7.55. The Labute approximate surface area is 169 Å². The van der Waals surface area contributed by atoms with Crippen LogP contribution in [-0.4, -0.2) is 57.6 Å². The van der Waals surface area contributed by atoms with Crippen LogP contribution in [0.15, 0.2) is 43.0 Å². The summed E-state index contributed by atoms with van der Waals surface area (Å²) in [5.41, 5.74) is 5.11. The van der Waals surface area contributed by atoms with Gasteiger partial charge in [-0.3, -0.25) is 4.90 Å². The summed E-state index contributed by atoms with van der Waals surface area (Å²) in [7, 11) is 0. The third kappa shape index (κ3) is 3.43. The van der Waals surface area contributed by atoms with Gasteiger partial charge in [0.2, 0.25) is 0 Å². The molecule has 1 aliphatic rings. The van der Waals surface area contributed by atoms with Crippen molar-refractivity contribution in [1.82, 2.24) is 24.8 Å². The van der Waals surface area contributed by atoms with Gasteiger partial charge < -0.3 is 14.9 Å². The van der Waals surface area contributed by atoms with Crippen molar-refractivity contribution < 1.29 is 0 Å². The van der Waals surface area contributed by atoms with Crippen molar-refractivity contribution in [3.63, 3.8) is 0 Å². The molecule has 1 fully saturated rings. The van der Waals surface area contributed by atoms with E-state index in [-0.39, 0.29) is 0 Å². The number of anilines is 1. The lowest BCUT2D eigenvalue weighted by Gasteiger charge is -2.35. The number of piperazine rings is 1. The highest BCUT2D eigenvalue weighted by atomic mass is 15.3. The smallest absolute Gasteiger partial charge is 0.156 e. The maximum atomic E-state index is 9.14. The summed E-state index contributed by atoms with van der Waals surface area (Å²) in [5.74, 6) is 1.01. The fourth-order valence-corrected chi connectivity index (χ4v) is 4.23. The molecule has 1 aliphatic heterocycles. The van der Waals surface area contributed by atoms with Crippen LogP contribution in [0.1, 0.15) is 17.5 Å². The molecule has 7 heteroatoms. The van der Waals surface area contributed by atoms with Gasteiger partial charge in [-0.25, -0.2) is 9.97 Å². The summed E-state index contributed by atoms with van der Waals surface area (Å²) in [5, 5.41) is 10.3.